The normalized spacial score (nSPS) is 12.9. The molecule has 0 aliphatic heterocycles. The number of nitrogens with zero attached hydrogens (tertiary/aromatic N) is 1. The Bertz CT molecular complexity index is 468. The van der Waals surface area contributed by atoms with E-state index in [0.29, 0.717) is 11.6 Å². The van der Waals surface area contributed by atoms with E-state index < -0.39 is 0 Å². The second kappa shape index (κ2) is 4.97. The van der Waals surface area contributed by atoms with Gasteiger partial charge in [0.2, 0.25) is 0 Å². The summed E-state index contributed by atoms with van der Waals surface area (Å²) in [6.45, 7) is 1.98. The maximum absolute atomic E-state index is 5.72. The van der Waals surface area contributed by atoms with Crippen molar-refractivity contribution in [3.05, 3.63) is 39.2 Å². The predicted molar refractivity (Wildman–Crippen MR) is 64.3 cm³/mol. The minimum atomic E-state index is -0.103. The molecule has 6 heteroatoms. The van der Waals surface area contributed by atoms with Crippen LogP contribution in [0.15, 0.2) is 21.9 Å². The molecule has 2 heterocycles. The Balaban J connectivity index is 2.12. The number of nitrogens with two attached hydrogens (primary N) is 1. The van der Waals surface area contributed by atoms with Crippen molar-refractivity contribution < 1.29 is 4.42 Å². The van der Waals surface area contributed by atoms with Crippen LogP contribution in [0, 0.1) is 6.92 Å². The van der Waals surface area contributed by atoms with Crippen LogP contribution in [-0.2, 0) is 6.42 Å². The highest BCUT2D eigenvalue weighted by Crippen LogP contribution is 2.23. The summed E-state index contributed by atoms with van der Waals surface area (Å²) in [5, 5.41) is 3.43. The zero-order chi connectivity index (χ0) is 11.5. The van der Waals surface area contributed by atoms with E-state index in [1.54, 1.807) is 17.4 Å². The molecule has 2 rings (SSSR count). The van der Waals surface area contributed by atoms with Crippen molar-refractivity contribution in [2.75, 3.05) is 0 Å². The summed E-state index contributed by atoms with van der Waals surface area (Å²) in [6.07, 6.45) is 0.685. The first kappa shape index (κ1) is 11.6. The molecule has 0 saturated carbocycles. The lowest BCUT2D eigenvalue weighted by Crippen LogP contribution is -2.29. The zero-order valence-corrected chi connectivity index (χ0v) is 10.3. The molecule has 0 spiro atoms. The van der Waals surface area contributed by atoms with Crippen molar-refractivity contribution in [3.63, 3.8) is 0 Å². The SMILES string of the molecule is Cc1nc(CC(NN)c2ccc(Cl)o2)cs1. The maximum Gasteiger partial charge on any atom is 0.193 e. The number of halogens is 1. The summed E-state index contributed by atoms with van der Waals surface area (Å²) >= 11 is 7.34. The fraction of sp³-hybridized carbons (Fsp3) is 0.300. The van der Waals surface area contributed by atoms with E-state index in [1.807, 2.05) is 18.4 Å². The summed E-state index contributed by atoms with van der Waals surface area (Å²) in [5.74, 6) is 6.21. The first-order valence-corrected chi connectivity index (χ1v) is 6.07. The first-order valence-electron chi connectivity index (χ1n) is 4.81. The van der Waals surface area contributed by atoms with E-state index >= 15 is 0 Å². The number of furan rings is 1. The number of hydrogen-bond donors (Lipinski definition) is 2. The molecule has 2 aromatic rings. The fourth-order valence-electron chi connectivity index (χ4n) is 1.47. The van der Waals surface area contributed by atoms with Crippen LogP contribution >= 0.6 is 22.9 Å². The second-order valence-electron chi connectivity index (χ2n) is 3.42. The molecule has 0 aliphatic rings. The van der Waals surface area contributed by atoms with Crippen molar-refractivity contribution in [1.82, 2.24) is 10.4 Å². The molecule has 0 aromatic carbocycles. The molecule has 86 valence electrons. The molecule has 2 aromatic heterocycles. The quantitative estimate of drug-likeness (QED) is 0.652. The predicted octanol–water partition coefficient (Wildman–Crippen LogP) is 2.45. The van der Waals surface area contributed by atoms with Crippen LogP contribution in [-0.4, -0.2) is 4.98 Å². The highest BCUT2D eigenvalue weighted by Gasteiger charge is 2.15. The number of aromatic nitrogens is 1. The molecule has 16 heavy (non-hydrogen) atoms. The molecule has 0 saturated heterocycles. The van der Waals surface area contributed by atoms with Gasteiger partial charge in [-0.3, -0.25) is 5.84 Å². The molecule has 0 fully saturated rings. The summed E-state index contributed by atoms with van der Waals surface area (Å²) < 4.78 is 5.31. The molecule has 0 radical (unpaired) electrons. The van der Waals surface area contributed by atoms with Gasteiger partial charge in [0.05, 0.1) is 16.7 Å². The molecule has 0 aliphatic carbocycles. The van der Waals surface area contributed by atoms with Gasteiger partial charge in [-0.25, -0.2) is 10.4 Å². The van der Waals surface area contributed by atoms with Crippen molar-refractivity contribution in [2.45, 2.75) is 19.4 Å². The first-order chi connectivity index (χ1) is 7.69. The van der Waals surface area contributed by atoms with Crippen LogP contribution < -0.4 is 11.3 Å². The van der Waals surface area contributed by atoms with Crippen LogP contribution in [0.2, 0.25) is 5.22 Å². The van der Waals surface area contributed by atoms with Gasteiger partial charge >= 0.3 is 0 Å². The standard InChI is InChI=1S/C10H12ClN3OS/c1-6-13-7(5-16-6)4-8(14-12)9-2-3-10(11)15-9/h2-3,5,8,14H,4,12H2,1H3. The van der Waals surface area contributed by atoms with E-state index in [0.717, 1.165) is 16.5 Å². The number of hydrazine groups is 1. The van der Waals surface area contributed by atoms with Crippen LogP contribution in [0.5, 0.6) is 0 Å². The van der Waals surface area contributed by atoms with E-state index in [4.69, 9.17) is 21.9 Å². The Kier molecular flexibility index (Phi) is 3.60. The molecular weight excluding hydrogens is 246 g/mol. The number of rotatable bonds is 4. The van der Waals surface area contributed by atoms with Gasteiger partial charge in [0.25, 0.3) is 0 Å². The van der Waals surface area contributed by atoms with Crippen LogP contribution in [0.1, 0.15) is 22.5 Å². The van der Waals surface area contributed by atoms with Crippen molar-refractivity contribution in [1.29, 1.82) is 0 Å². The summed E-state index contributed by atoms with van der Waals surface area (Å²) in [7, 11) is 0. The molecule has 1 unspecified atom stereocenters. The van der Waals surface area contributed by atoms with E-state index in [2.05, 4.69) is 10.4 Å². The van der Waals surface area contributed by atoms with E-state index in [-0.39, 0.29) is 6.04 Å². The third-order valence-corrected chi connectivity index (χ3v) is 3.24. The molecular formula is C10H12ClN3OS. The highest BCUT2D eigenvalue weighted by atomic mass is 35.5. The number of hydrogen-bond acceptors (Lipinski definition) is 5. The van der Waals surface area contributed by atoms with Gasteiger partial charge in [0.1, 0.15) is 5.76 Å². The molecule has 4 nitrogen and oxygen atoms in total. The summed E-state index contributed by atoms with van der Waals surface area (Å²) in [6, 6.07) is 3.41. The maximum atomic E-state index is 5.72. The smallest absolute Gasteiger partial charge is 0.193 e. The molecule has 3 N–H and O–H groups in total. The Morgan fingerprint density at radius 3 is 2.94 bits per heavy atom. The monoisotopic (exact) mass is 257 g/mol. The van der Waals surface area contributed by atoms with Crippen molar-refractivity contribution in [2.24, 2.45) is 5.84 Å². The van der Waals surface area contributed by atoms with Gasteiger partial charge in [-0.15, -0.1) is 11.3 Å². The summed E-state index contributed by atoms with van der Waals surface area (Å²) in [5.41, 5.74) is 3.70. The van der Waals surface area contributed by atoms with Gasteiger partial charge in [0.15, 0.2) is 5.22 Å². The lowest BCUT2D eigenvalue weighted by Gasteiger charge is -2.11. The average molecular weight is 258 g/mol. The van der Waals surface area contributed by atoms with Gasteiger partial charge in [-0.05, 0) is 30.7 Å². The zero-order valence-electron chi connectivity index (χ0n) is 8.74. The molecule has 0 bridgehead atoms. The summed E-state index contributed by atoms with van der Waals surface area (Å²) in [4.78, 5) is 4.38. The van der Waals surface area contributed by atoms with Crippen LogP contribution in [0.25, 0.3) is 0 Å². The number of thiazole rings is 1. The number of nitrogens with one attached hydrogen (secondary N) is 1. The lowest BCUT2D eigenvalue weighted by molar-refractivity contribution is 0.415. The largest absolute Gasteiger partial charge is 0.448 e. The average Bonchev–Trinajstić information content (AvgIpc) is 2.84. The minimum Gasteiger partial charge on any atom is -0.448 e. The molecule has 1 atom stereocenters. The fourth-order valence-corrected chi connectivity index (χ4v) is 2.25. The molecule has 0 amide bonds. The van der Waals surface area contributed by atoms with E-state index in [9.17, 15) is 0 Å². The topological polar surface area (TPSA) is 64.1 Å². The van der Waals surface area contributed by atoms with E-state index in [1.165, 1.54) is 0 Å². The third kappa shape index (κ3) is 2.62. The van der Waals surface area contributed by atoms with Gasteiger partial charge in [-0.1, -0.05) is 0 Å². The Hall–Kier alpha value is -0.880. The Morgan fingerprint density at radius 2 is 2.44 bits per heavy atom. The van der Waals surface area contributed by atoms with Crippen LogP contribution in [0.4, 0.5) is 0 Å². The third-order valence-electron chi connectivity index (χ3n) is 2.22. The highest BCUT2D eigenvalue weighted by molar-refractivity contribution is 7.09. The van der Waals surface area contributed by atoms with Crippen molar-refractivity contribution in [3.8, 4) is 0 Å². The van der Waals surface area contributed by atoms with Gasteiger partial charge < -0.3 is 4.42 Å². The van der Waals surface area contributed by atoms with Gasteiger partial charge in [-0.2, -0.15) is 0 Å². The van der Waals surface area contributed by atoms with Crippen molar-refractivity contribution >= 4 is 22.9 Å². The minimum absolute atomic E-state index is 0.103. The van der Waals surface area contributed by atoms with Gasteiger partial charge in [0, 0.05) is 11.8 Å². The van der Waals surface area contributed by atoms with Crippen LogP contribution in [0.3, 0.4) is 0 Å². The lowest BCUT2D eigenvalue weighted by atomic mass is 10.1. The second-order valence-corrected chi connectivity index (χ2v) is 4.86. The Morgan fingerprint density at radius 1 is 1.62 bits per heavy atom. The number of aryl methyl sites for hydroxylation is 1. The Labute approximate surface area is 102 Å².